The van der Waals surface area contributed by atoms with Crippen LogP contribution in [0.1, 0.15) is 5.56 Å². The Labute approximate surface area is 125 Å². The minimum Gasteiger partial charge on any atom is -0.379 e. The van der Waals surface area contributed by atoms with E-state index in [0.29, 0.717) is 0 Å². The monoisotopic (exact) mass is 344 g/mol. The zero-order chi connectivity index (χ0) is 13.1. The first-order valence-electron chi connectivity index (χ1n) is 5.50. The average Bonchev–Trinajstić information content (AvgIpc) is 2.72. The highest BCUT2D eigenvalue weighted by Gasteiger charge is 2.05. The quantitative estimate of drug-likeness (QED) is 0.852. The molecule has 0 unspecified atom stereocenters. The number of nitrogens with zero attached hydrogens (tertiary/aromatic N) is 1. The lowest BCUT2D eigenvalue weighted by Gasteiger charge is -2.18. The predicted molar refractivity (Wildman–Crippen MR) is 85.1 cm³/mol. The fourth-order valence-electron chi connectivity index (χ4n) is 1.68. The van der Waals surface area contributed by atoms with Crippen molar-refractivity contribution in [2.24, 2.45) is 0 Å². The molecule has 0 atom stereocenters. The Morgan fingerprint density at radius 3 is 2.72 bits per heavy atom. The maximum atomic E-state index is 6.04. The van der Waals surface area contributed by atoms with Gasteiger partial charge in [-0.1, -0.05) is 11.6 Å². The molecule has 0 saturated carbocycles. The molecule has 5 heteroatoms. The number of halogens is 2. The van der Waals surface area contributed by atoms with Gasteiger partial charge in [-0.05, 0) is 51.1 Å². The largest absolute Gasteiger partial charge is 0.379 e. The third kappa shape index (κ3) is 3.40. The summed E-state index contributed by atoms with van der Waals surface area (Å²) in [6.45, 7) is 0.795. The van der Waals surface area contributed by atoms with Crippen molar-refractivity contribution in [2.75, 3.05) is 24.3 Å². The van der Waals surface area contributed by atoms with E-state index in [1.54, 1.807) is 11.3 Å². The standard InChI is InChI=1S/C13H14BrClN2S/c1-17(2)12-4-3-10(15)6-11(12)16-7-9-5-13(14)18-8-9/h3-6,8,16H,7H2,1-2H3. The van der Waals surface area contributed by atoms with Crippen LogP contribution in [0.2, 0.25) is 5.02 Å². The summed E-state index contributed by atoms with van der Waals surface area (Å²) < 4.78 is 1.15. The Morgan fingerprint density at radius 2 is 2.11 bits per heavy atom. The molecule has 0 aliphatic heterocycles. The van der Waals surface area contributed by atoms with E-state index in [-0.39, 0.29) is 0 Å². The highest BCUT2D eigenvalue weighted by molar-refractivity contribution is 9.11. The Morgan fingerprint density at radius 1 is 1.33 bits per heavy atom. The first-order valence-corrected chi connectivity index (χ1v) is 7.55. The molecule has 0 aliphatic rings. The second-order valence-electron chi connectivity index (χ2n) is 4.17. The molecular weight excluding hydrogens is 332 g/mol. The summed E-state index contributed by atoms with van der Waals surface area (Å²) >= 11 is 11.2. The van der Waals surface area contributed by atoms with Crippen molar-refractivity contribution in [3.8, 4) is 0 Å². The summed E-state index contributed by atoms with van der Waals surface area (Å²) in [4.78, 5) is 2.07. The van der Waals surface area contributed by atoms with Gasteiger partial charge in [0.1, 0.15) is 0 Å². The van der Waals surface area contributed by atoms with E-state index >= 15 is 0 Å². The van der Waals surface area contributed by atoms with Crippen LogP contribution in [0, 0.1) is 0 Å². The van der Waals surface area contributed by atoms with Crippen molar-refractivity contribution in [1.82, 2.24) is 0 Å². The van der Waals surface area contributed by atoms with Crippen molar-refractivity contribution in [2.45, 2.75) is 6.54 Å². The smallest absolute Gasteiger partial charge is 0.0701 e. The molecule has 1 aromatic carbocycles. The Kier molecular flexibility index (Phi) is 4.54. The van der Waals surface area contributed by atoms with E-state index in [1.165, 1.54) is 5.56 Å². The van der Waals surface area contributed by atoms with Crippen LogP contribution in [-0.4, -0.2) is 14.1 Å². The first kappa shape index (κ1) is 13.7. The zero-order valence-electron chi connectivity index (χ0n) is 10.2. The van der Waals surface area contributed by atoms with Crippen molar-refractivity contribution >= 4 is 50.2 Å². The summed E-state index contributed by atoms with van der Waals surface area (Å²) in [5.41, 5.74) is 3.44. The number of thiophene rings is 1. The lowest BCUT2D eigenvalue weighted by atomic mass is 10.2. The summed E-state index contributed by atoms with van der Waals surface area (Å²) in [7, 11) is 4.05. The zero-order valence-corrected chi connectivity index (χ0v) is 13.4. The molecule has 2 rings (SSSR count). The maximum absolute atomic E-state index is 6.04. The molecule has 96 valence electrons. The molecule has 0 bridgehead atoms. The number of anilines is 2. The van der Waals surface area contributed by atoms with Crippen LogP contribution in [0.4, 0.5) is 11.4 Å². The second kappa shape index (κ2) is 5.95. The second-order valence-corrected chi connectivity index (χ2v) is 6.90. The molecule has 0 saturated heterocycles. The van der Waals surface area contributed by atoms with Crippen LogP contribution in [0.3, 0.4) is 0 Å². The topological polar surface area (TPSA) is 15.3 Å². The van der Waals surface area contributed by atoms with Crippen molar-refractivity contribution in [1.29, 1.82) is 0 Å². The lowest BCUT2D eigenvalue weighted by Crippen LogP contribution is -2.12. The van der Waals surface area contributed by atoms with E-state index in [0.717, 1.165) is 26.7 Å². The SMILES string of the molecule is CN(C)c1ccc(Cl)cc1NCc1csc(Br)c1. The molecule has 2 aromatic rings. The van der Waals surface area contributed by atoms with Gasteiger partial charge in [-0.2, -0.15) is 0 Å². The molecule has 1 aromatic heterocycles. The third-order valence-corrected chi connectivity index (χ3v) is 4.33. The minimum absolute atomic E-state index is 0.745. The maximum Gasteiger partial charge on any atom is 0.0701 e. The van der Waals surface area contributed by atoms with Crippen LogP contribution in [-0.2, 0) is 6.54 Å². The molecule has 2 nitrogen and oxygen atoms in total. The van der Waals surface area contributed by atoms with Gasteiger partial charge >= 0.3 is 0 Å². The van der Waals surface area contributed by atoms with Gasteiger partial charge in [0.05, 0.1) is 15.2 Å². The van der Waals surface area contributed by atoms with Crippen molar-refractivity contribution < 1.29 is 0 Å². The fraction of sp³-hybridized carbons (Fsp3) is 0.231. The molecule has 1 N–H and O–H groups in total. The summed E-state index contributed by atoms with van der Waals surface area (Å²) in [5.74, 6) is 0. The van der Waals surface area contributed by atoms with Crippen LogP contribution >= 0.6 is 38.9 Å². The Hall–Kier alpha value is -0.710. The molecular formula is C13H14BrClN2S. The van der Waals surface area contributed by atoms with Crippen LogP contribution in [0.15, 0.2) is 33.4 Å². The summed E-state index contributed by atoms with van der Waals surface area (Å²) in [6, 6.07) is 8.01. The van der Waals surface area contributed by atoms with Crippen molar-refractivity contribution in [3.05, 3.63) is 44.0 Å². The van der Waals surface area contributed by atoms with Crippen LogP contribution in [0.25, 0.3) is 0 Å². The van der Waals surface area contributed by atoms with Gasteiger partial charge in [0.15, 0.2) is 0 Å². The molecule has 0 radical (unpaired) electrons. The Bertz CT molecular complexity index is 540. The third-order valence-electron chi connectivity index (χ3n) is 2.55. The highest BCUT2D eigenvalue weighted by atomic mass is 79.9. The van der Waals surface area contributed by atoms with E-state index in [1.807, 2.05) is 32.3 Å². The summed E-state index contributed by atoms with van der Waals surface area (Å²) in [5, 5.41) is 6.31. The van der Waals surface area contributed by atoms with Crippen LogP contribution in [0.5, 0.6) is 0 Å². The number of nitrogens with one attached hydrogen (secondary N) is 1. The lowest BCUT2D eigenvalue weighted by molar-refractivity contribution is 1.10. The average molecular weight is 346 g/mol. The summed E-state index contributed by atoms with van der Waals surface area (Å²) in [6.07, 6.45) is 0. The highest BCUT2D eigenvalue weighted by Crippen LogP contribution is 2.29. The van der Waals surface area contributed by atoms with Gasteiger partial charge in [-0.3, -0.25) is 0 Å². The number of rotatable bonds is 4. The fourth-order valence-corrected chi connectivity index (χ4v) is 3.06. The molecule has 18 heavy (non-hydrogen) atoms. The van der Waals surface area contributed by atoms with E-state index < -0.39 is 0 Å². The van der Waals surface area contributed by atoms with Crippen molar-refractivity contribution in [3.63, 3.8) is 0 Å². The van der Waals surface area contributed by atoms with Gasteiger partial charge in [-0.15, -0.1) is 11.3 Å². The number of hydrogen-bond donors (Lipinski definition) is 1. The molecule has 0 aliphatic carbocycles. The first-order chi connectivity index (χ1) is 8.56. The normalized spacial score (nSPS) is 10.4. The molecule has 0 fully saturated rings. The van der Waals surface area contributed by atoms with Gasteiger partial charge in [0, 0.05) is 25.7 Å². The van der Waals surface area contributed by atoms with Gasteiger partial charge in [0.25, 0.3) is 0 Å². The molecule has 1 heterocycles. The van der Waals surface area contributed by atoms with Gasteiger partial charge in [-0.25, -0.2) is 0 Å². The molecule has 0 amide bonds. The Balaban J connectivity index is 2.15. The van der Waals surface area contributed by atoms with E-state index in [2.05, 4.69) is 37.6 Å². The van der Waals surface area contributed by atoms with Gasteiger partial charge < -0.3 is 10.2 Å². The van der Waals surface area contributed by atoms with E-state index in [9.17, 15) is 0 Å². The minimum atomic E-state index is 0.745. The predicted octanol–water partition coefficient (Wildman–Crippen LogP) is 4.84. The number of hydrogen-bond acceptors (Lipinski definition) is 3. The van der Waals surface area contributed by atoms with E-state index in [4.69, 9.17) is 11.6 Å². The number of benzene rings is 1. The molecule has 0 spiro atoms. The van der Waals surface area contributed by atoms with Gasteiger partial charge in [0.2, 0.25) is 0 Å². The van der Waals surface area contributed by atoms with Crippen LogP contribution < -0.4 is 10.2 Å².